The molecule has 0 aliphatic rings. The van der Waals surface area contributed by atoms with Crippen LogP contribution < -0.4 is 20.5 Å². The lowest BCUT2D eigenvalue weighted by atomic mass is 10.0. The van der Waals surface area contributed by atoms with Crippen LogP contribution in [-0.2, 0) is 0 Å². The molecule has 0 bridgehead atoms. The number of anilines is 1. The quantitative estimate of drug-likeness (QED) is 0.702. The Balaban J connectivity index is 2.36. The zero-order valence-corrected chi connectivity index (χ0v) is 15.5. The predicted octanol–water partition coefficient (Wildman–Crippen LogP) is 2.97. The van der Waals surface area contributed by atoms with Crippen LogP contribution in [0.1, 0.15) is 47.4 Å². The highest BCUT2D eigenvalue weighted by Gasteiger charge is 2.23. The molecule has 4 N–H and O–H groups in total. The summed E-state index contributed by atoms with van der Waals surface area (Å²) in [7, 11) is 2.90. The summed E-state index contributed by atoms with van der Waals surface area (Å²) in [5, 5.41) is 13.2. The molecule has 0 aliphatic carbocycles. The Morgan fingerprint density at radius 2 is 2.00 bits per heavy atom. The van der Waals surface area contributed by atoms with Gasteiger partial charge in [0.1, 0.15) is 28.6 Å². The van der Waals surface area contributed by atoms with Crippen LogP contribution in [0.15, 0.2) is 24.3 Å². The lowest BCUT2D eigenvalue weighted by molar-refractivity contribution is 0.0927. The van der Waals surface area contributed by atoms with Gasteiger partial charge in [0.05, 0.1) is 26.0 Å². The summed E-state index contributed by atoms with van der Waals surface area (Å²) in [5.74, 6) is 0.355. The number of benzene rings is 1. The van der Waals surface area contributed by atoms with Gasteiger partial charge in [-0.05, 0) is 31.0 Å². The average molecular weight is 359 g/mol. The Morgan fingerprint density at radius 1 is 1.27 bits per heavy atom. The number of aryl methyl sites for hydroxylation is 1. The minimum absolute atomic E-state index is 0.0510. The number of carbonyl (C=O) groups excluding carboxylic acids is 1. The molecule has 0 spiro atoms. The number of nitrogens with one attached hydrogen (secondary N) is 1. The number of phenolic OH excluding ortho intramolecular Hbond substituents is 1. The molecule has 26 heavy (non-hydrogen) atoms. The molecular weight excluding hydrogens is 334 g/mol. The Bertz CT molecular complexity index is 772. The Morgan fingerprint density at radius 3 is 2.58 bits per heavy atom. The normalized spacial score (nSPS) is 11.7. The predicted molar refractivity (Wildman–Crippen MR) is 99.7 cm³/mol. The number of nitrogens with zero attached hydrogens (tertiary/aromatic N) is 1. The van der Waals surface area contributed by atoms with E-state index in [1.54, 1.807) is 12.1 Å². The van der Waals surface area contributed by atoms with Crippen molar-refractivity contribution in [3.8, 4) is 17.2 Å². The zero-order chi connectivity index (χ0) is 19.3. The van der Waals surface area contributed by atoms with Gasteiger partial charge in [0.2, 0.25) is 0 Å². The summed E-state index contributed by atoms with van der Waals surface area (Å²) in [6.07, 6.45) is 1.52. The number of rotatable bonds is 7. The van der Waals surface area contributed by atoms with Gasteiger partial charge in [-0.3, -0.25) is 4.79 Å². The molecule has 7 nitrogen and oxygen atoms in total. The zero-order valence-electron chi connectivity index (χ0n) is 15.5. The number of nitrogens with two attached hydrogens (primary N) is 1. The summed E-state index contributed by atoms with van der Waals surface area (Å²) in [6, 6.07) is 6.25. The topological polar surface area (TPSA) is 107 Å². The second kappa shape index (κ2) is 8.42. The standard InChI is InChI=1S/C19H25N3O4/c1-5-6-13(14-7-11(2)8-17(20)21-14)22-19(24)18-15(23)9-12(25-3)10-16(18)26-4/h7-10,13,23H,5-6H2,1-4H3,(H2,20,21)(H,22,24). The first-order valence-electron chi connectivity index (χ1n) is 8.39. The van der Waals surface area contributed by atoms with Crippen LogP contribution >= 0.6 is 0 Å². The number of amides is 1. The third kappa shape index (κ3) is 4.36. The summed E-state index contributed by atoms with van der Waals surface area (Å²) >= 11 is 0. The van der Waals surface area contributed by atoms with Gasteiger partial charge in [-0.2, -0.15) is 0 Å². The molecule has 140 valence electrons. The molecule has 1 heterocycles. The summed E-state index contributed by atoms with van der Waals surface area (Å²) < 4.78 is 10.3. The molecule has 1 aromatic carbocycles. The Hall–Kier alpha value is -2.96. The van der Waals surface area contributed by atoms with E-state index < -0.39 is 5.91 Å². The van der Waals surface area contributed by atoms with Crippen LogP contribution in [0.3, 0.4) is 0 Å². The van der Waals surface area contributed by atoms with Gasteiger partial charge < -0.3 is 25.6 Å². The van der Waals surface area contributed by atoms with E-state index in [0.29, 0.717) is 23.7 Å². The molecule has 0 radical (unpaired) electrons. The lowest BCUT2D eigenvalue weighted by Crippen LogP contribution is -2.29. The number of pyridine rings is 1. The minimum atomic E-state index is -0.456. The molecule has 7 heteroatoms. The van der Waals surface area contributed by atoms with E-state index in [1.165, 1.54) is 20.3 Å². The van der Waals surface area contributed by atoms with Gasteiger partial charge in [-0.25, -0.2) is 4.98 Å². The van der Waals surface area contributed by atoms with Crippen molar-refractivity contribution in [2.24, 2.45) is 0 Å². The van der Waals surface area contributed by atoms with Crippen molar-refractivity contribution in [3.05, 3.63) is 41.1 Å². The molecule has 0 saturated carbocycles. The van der Waals surface area contributed by atoms with E-state index in [9.17, 15) is 9.90 Å². The third-order valence-corrected chi connectivity index (χ3v) is 3.99. The number of aromatic nitrogens is 1. The second-order valence-electron chi connectivity index (χ2n) is 6.03. The van der Waals surface area contributed by atoms with E-state index in [-0.39, 0.29) is 23.1 Å². The monoisotopic (exact) mass is 359 g/mol. The highest BCUT2D eigenvalue weighted by molar-refractivity contribution is 6.00. The SMILES string of the molecule is CCCC(NC(=O)c1c(O)cc(OC)cc1OC)c1cc(C)cc(N)n1. The number of nitrogen functional groups attached to an aromatic ring is 1. The molecule has 0 aliphatic heterocycles. The number of hydrogen-bond acceptors (Lipinski definition) is 6. The van der Waals surface area contributed by atoms with Crippen LogP contribution in [0.25, 0.3) is 0 Å². The van der Waals surface area contributed by atoms with Crippen LogP contribution in [0.4, 0.5) is 5.82 Å². The number of hydrogen-bond donors (Lipinski definition) is 3. The highest BCUT2D eigenvalue weighted by Crippen LogP contribution is 2.34. The van der Waals surface area contributed by atoms with E-state index >= 15 is 0 Å². The van der Waals surface area contributed by atoms with Gasteiger partial charge >= 0.3 is 0 Å². The van der Waals surface area contributed by atoms with Gasteiger partial charge in [-0.15, -0.1) is 0 Å². The van der Waals surface area contributed by atoms with Gasteiger partial charge in [0.25, 0.3) is 5.91 Å². The number of methoxy groups -OCH3 is 2. The van der Waals surface area contributed by atoms with Gasteiger partial charge in [0.15, 0.2) is 0 Å². The van der Waals surface area contributed by atoms with Crippen LogP contribution in [0, 0.1) is 6.92 Å². The van der Waals surface area contributed by atoms with Crippen molar-refractivity contribution in [1.29, 1.82) is 0 Å². The maximum absolute atomic E-state index is 12.8. The number of carbonyl (C=O) groups is 1. The van der Waals surface area contributed by atoms with Crippen molar-refractivity contribution >= 4 is 11.7 Å². The smallest absolute Gasteiger partial charge is 0.259 e. The molecule has 0 fully saturated rings. The van der Waals surface area contributed by atoms with Crippen molar-refractivity contribution < 1.29 is 19.4 Å². The highest BCUT2D eigenvalue weighted by atomic mass is 16.5. The van der Waals surface area contributed by atoms with Crippen LogP contribution in [0.5, 0.6) is 17.2 Å². The molecule has 2 aromatic rings. The molecule has 0 saturated heterocycles. The Kier molecular flexibility index (Phi) is 6.27. The molecule has 1 unspecified atom stereocenters. The van der Waals surface area contributed by atoms with Gasteiger partial charge in [-0.1, -0.05) is 13.3 Å². The first kappa shape index (κ1) is 19.4. The third-order valence-electron chi connectivity index (χ3n) is 3.99. The maximum Gasteiger partial charge on any atom is 0.259 e. The van der Waals surface area contributed by atoms with Crippen LogP contribution in [0.2, 0.25) is 0 Å². The number of phenols is 1. The fourth-order valence-electron chi connectivity index (χ4n) is 2.80. The second-order valence-corrected chi connectivity index (χ2v) is 6.03. The molecule has 2 rings (SSSR count). The lowest BCUT2D eigenvalue weighted by Gasteiger charge is -2.20. The van der Waals surface area contributed by atoms with Crippen molar-refractivity contribution in [3.63, 3.8) is 0 Å². The summed E-state index contributed by atoms with van der Waals surface area (Å²) in [4.78, 5) is 17.2. The minimum Gasteiger partial charge on any atom is -0.507 e. The van der Waals surface area contributed by atoms with Crippen molar-refractivity contribution in [2.45, 2.75) is 32.7 Å². The number of ether oxygens (including phenoxy) is 2. The largest absolute Gasteiger partial charge is 0.507 e. The van der Waals surface area contributed by atoms with E-state index in [4.69, 9.17) is 15.2 Å². The maximum atomic E-state index is 12.8. The average Bonchev–Trinajstić information content (AvgIpc) is 2.59. The van der Waals surface area contributed by atoms with E-state index in [2.05, 4.69) is 10.3 Å². The fourth-order valence-corrected chi connectivity index (χ4v) is 2.80. The molecular formula is C19H25N3O4. The van der Waals surface area contributed by atoms with Crippen LogP contribution in [-0.4, -0.2) is 30.2 Å². The van der Waals surface area contributed by atoms with E-state index in [0.717, 1.165) is 12.0 Å². The first-order valence-corrected chi connectivity index (χ1v) is 8.39. The molecule has 1 aromatic heterocycles. The summed E-state index contributed by atoms with van der Waals surface area (Å²) in [5.41, 5.74) is 7.54. The Labute approximate surface area is 153 Å². The van der Waals surface area contributed by atoms with E-state index in [1.807, 2.05) is 19.9 Å². The molecule has 1 amide bonds. The van der Waals surface area contributed by atoms with Crippen molar-refractivity contribution in [1.82, 2.24) is 10.3 Å². The number of aromatic hydroxyl groups is 1. The fraction of sp³-hybridized carbons (Fsp3) is 0.368. The molecule has 1 atom stereocenters. The van der Waals surface area contributed by atoms with Gasteiger partial charge in [0, 0.05) is 12.1 Å². The first-order chi connectivity index (χ1) is 12.4. The summed E-state index contributed by atoms with van der Waals surface area (Å²) in [6.45, 7) is 3.94. The van der Waals surface area contributed by atoms with Crippen molar-refractivity contribution in [2.75, 3.05) is 20.0 Å².